The summed E-state index contributed by atoms with van der Waals surface area (Å²) < 4.78 is 0.939. The number of likely N-dealkylation sites (tertiary alicyclic amines) is 1. The Morgan fingerprint density at radius 2 is 2.10 bits per heavy atom. The topological polar surface area (TPSA) is 101 Å². The molecule has 1 saturated heterocycles. The summed E-state index contributed by atoms with van der Waals surface area (Å²) in [7, 11) is 0. The van der Waals surface area contributed by atoms with E-state index in [0.717, 1.165) is 11.0 Å². The fourth-order valence-corrected chi connectivity index (χ4v) is 2.59. The molecule has 0 spiro atoms. The average Bonchev–Trinajstić information content (AvgIpc) is 2.90. The smallest absolute Gasteiger partial charge is 0.329 e. The van der Waals surface area contributed by atoms with E-state index in [4.69, 9.17) is 5.73 Å². The van der Waals surface area contributed by atoms with Crippen molar-refractivity contribution in [1.29, 1.82) is 0 Å². The first kappa shape index (κ1) is 13.6. The maximum atomic E-state index is 12.3. The summed E-state index contributed by atoms with van der Waals surface area (Å²) in [5.41, 5.74) is 5.21. The van der Waals surface area contributed by atoms with Crippen LogP contribution in [0.2, 0.25) is 0 Å². The molecule has 21 heavy (non-hydrogen) atoms. The zero-order valence-electron chi connectivity index (χ0n) is 11.4. The zero-order chi connectivity index (χ0) is 15.0. The monoisotopic (exact) mass is 288 g/mol. The van der Waals surface area contributed by atoms with Crippen molar-refractivity contribution in [3.63, 3.8) is 0 Å². The molecule has 0 bridgehead atoms. The summed E-state index contributed by atoms with van der Waals surface area (Å²) in [4.78, 5) is 40.7. The van der Waals surface area contributed by atoms with Crippen LogP contribution in [0.3, 0.4) is 0 Å². The van der Waals surface area contributed by atoms with E-state index < -0.39 is 11.2 Å². The lowest BCUT2D eigenvalue weighted by atomic mass is 10.2. The van der Waals surface area contributed by atoms with E-state index in [1.54, 1.807) is 29.2 Å². The number of H-pyrrole nitrogens is 1. The Morgan fingerprint density at radius 1 is 1.33 bits per heavy atom. The van der Waals surface area contributed by atoms with Gasteiger partial charge in [-0.3, -0.25) is 14.2 Å². The van der Waals surface area contributed by atoms with E-state index >= 15 is 0 Å². The van der Waals surface area contributed by atoms with Crippen LogP contribution in [0.5, 0.6) is 0 Å². The third-order valence-electron chi connectivity index (χ3n) is 3.76. The van der Waals surface area contributed by atoms with Gasteiger partial charge in [0.2, 0.25) is 5.91 Å². The number of rotatable bonds is 2. The zero-order valence-corrected chi connectivity index (χ0v) is 11.4. The van der Waals surface area contributed by atoms with Crippen LogP contribution >= 0.6 is 0 Å². The summed E-state index contributed by atoms with van der Waals surface area (Å²) >= 11 is 0. The van der Waals surface area contributed by atoms with Crippen LogP contribution in [0, 0.1) is 0 Å². The second kappa shape index (κ2) is 5.17. The Hall–Kier alpha value is -2.41. The molecule has 1 aromatic carbocycles. The molecule has 7 heteroatoms. The van der Waals surface area contributed by atoms with Crippen LogP contribution < -0.4 is 17.0 Å². The van der Waals surface area contributed by atoms with Gasteiger partial charge in [-0.1, -0.05) is 12.1 Å². The van der Waals surface area contributed by atoms with Crippen molar-refractivity contribution in [3.05, 3.63) is 45.1 Å². The van der Waals surface area contributed by atoms with Crippen LogP contribution in [0.15, 0.2) is 33.9 Å². The number of hydrogen-bond acceptors (Lipinski definition) is 4. The summed E-state index contributed by atoms with van der Waals surface area (Å²) in [6, 6.07) is 6.71. The molecule has 3 rings (SSSR count). The highest BCUT2D eigenvalue weighted by molar-refractivity contribution is 5.79. The summed E-state index contributed by atoms with van der Waals surface area (Å²) in [5, 5.41) is 0.392. The number of benzene rings is 1. The highest BCUT2D eigenvalue weighted by atomic mass is 16.2. The van der Waals surface area contributed by atoms with Crippen molar-refractivity contribution in [3.8, 4) is 0 Å². The molecule has 2 aromatic rings. The van der Waals surface area contributed by atoms with Crippen LogP contribution in [0.1, 0.15) is 6.42 Å². The van der Waals surface area contributed by atoms with Gasteiger partial charge in [0.15, 0.2) is 0 Å². The van der Waals surface area contributed by atoms with E-state index in [1.165, 1.54) is 0 Å². The molecule has 3 N–H and O–H groups in total. The molecule has 1 amide bonds. The van der Waals surface area contributed by atoms with Crippen molar-refractivity contribution in [2.75, 3.05) is 13.1 Å². The third kappa shape index (κ3) is 2.47. The number of aromatic nitrogens is 2. The number of nitrogens with two attached hydrogens (primary N) is 1. The van der Waals surface area contributed by atoms with E-state index in [2.05, 4.69) is 4.98 Å². The Morgan fingerprint density at radius 3 is 2.81 bits per heavy atom. The predicted octanol–water partition coefficient (Wildman–Crippen LogP) is -0.751. The standard InChI is InChI=1S/C14H16N4O3/c15-9-5-6-17(7-9)12(19)8-18-13(20)10-3-1-2-4-11(10)16-14(18)21/h1-4,9H,5-8,15H2,(H,16,21)/t9-/m1/s1. The molecule has 0 radical (unpaired) electrons. The van der Waals surface area contributed by atoms with Gasteiger partial charge < -0.3 is 15.6 Å². The number of nitrogens with zero attached hydrogens (tertiary/aromatic N) is 2. The van der Waals surface area contributed by atoms with Crippen molar-refractivity contribution < 1.29 is 4.79 Å². The Kier molecular flexibility index (Phi) is 3.34. The van der Waals surface area contributed by atoms with E-state index in [-0.39, 0.29) is 18.5 Å². The van der Waals surface area contributed by atoms with Crippen molar-refractivity contribution >= 4 is 16.8 Å². The summed E-state index contributed by atoms with van der Waals surface area (Å²) in [6.45, 7) is 0.783. The first-order valence-electron chi connectivity index (χ1n) is 6.81. The van der Waals surface area contributed by atoms with Gasteiger partial charge in [0.05, 0.1) is 10.9 Å². The normalized spacial score (nSPS) is 18.3. The highest BCUT2D eigenvalue weighted by Gasteiger charge is 2.24. The molecular formula is C14H16N4O3. The number of para-hydroxylation sites is 1. The van der Waals surface area contributed by atoms with Gasteiger partial charge in [-0.2, -0.15) is 0 Å². The highest BCUT2D eigenvalue weighted by Crippen LogP contribution is 2.08. The number of carbonyl (C=O) groups is 1. The van der Waals surface area contributed by atoms with E-state index in [0.29, 0.717) is 24.0 Å². The maximum absolute atomic E-state index is 12.3. The Balaban J connectivity index is 1.96. The first-order valence-corrected chi connectivity index (χ1v) is 6.81. The molecular weight excluding hydrogens is 272 g/mol. The quantitative estimate of drug-likeness (QED) is 0.759. The largest absolute Gasteiger partial charge is 0.340 e. The van der Waals surface area contributed by atoms with Crippen LogP contribution in [0.4, 0.5) is 0 Å². The van der Waals surface area contributed by atoms with Gasteiger partial charge >= 0.3 is 5.69 Å². The first-order chi connectivity index (χ1) is 10.1. The molecule has 110 valence electrons. The lowest BCUT2D eigenvalue weighted by molar-refractivity contribution is -0.130. The average molecular weight is 288 g/mol. The van der Waals surface area contributed by atoms with Crippen LogP contribution in [0.25, 0.3) is 10.9 Å². The predicted molar refractivity (Wildman–Crippen MR) is 78.0 cm³/mol. The molecule has 1 aliphatic rings. The number of carbonyl (C=O) groups excluding carboxylic acids is 1. The molecule has 1 fully saturated rings. The fourth-order valence-electron chi connectivity index (χ4n) is 2.59. The van der Waals surface area contributed by atoms with Gasteiger partial charge in [-0.25, -0.2) is 4.79 Å². The third-order valence-corrected chi connectivity index (χ3v) is 3.76. The van der Waals surface area contributed by atoms with E-state index in [1.807, 2.05) is 0 Å². The summed E-state index contributed by atoms with van der Waals surface area (Å²) in [6.07, 6.45) is 0.745. The second-order valence-corrected chi connectivity index (χ2v) is 5.26. The Bertz CT molecular complexity index is 808. The number of aromatic amines is 1. The lowest BCUT2D eigenvalue weighted by Crippen LogP contribution is -2.42. The number of fused-ring (bicyclic) bond motifs is 1. The number of hydrogen-bond donors (Lipinski definition) is 2. The van der Waals surface area contributed by atoms with E-state index in [9.17, 15) is 14.4 Å². The van der Waals surface area contributed by atoms with Gasteiger partial charge in [0, 0.05) is 19.1 Å². The van der Waals surface area contributed by atoms with Crippen LogP contribution in [-0.2, 0) is 11.3 Å². The molecule has 1 aliphatic heterocycles. The Labute approximate surface area is 120 Å². The van der Waals surface area contributed by atoms with Gasteiger partial charge in [0.25, 0.3) is 5.56 Å². The molecule has 2 heterocycles. The maximum Gasteiger partial charge on any atom is 0.329 e. The SMILES string of the molecule is N[C@@H]1CCN(C(=O)Cn2c(=O)[nH]c3ccccc3c2=O)C1. The van der Waals surface area contributed by atoms with Gasteiger partial charge in [-0.05, 0) is 18.6 Å². The number of nitrogens with one attached hydrogen (secondary N) is 1. The minimum atomic E-state index is -0.574. The lowest BCUT2D eigenvalue weighted by Gasteiger charge is -2.16. The minimum absolute atomic E-state index is 0.0273. The molecule has 1 atom stereocenters. The molecule has 0 unspecified atom stereocenters. The molecule has 1 aromatic heterocycles. The second-order valence-electron chi connectivity index (χ2n) is 5.26. The summed E-state index contributed by atoms with van der Waals surface area (Å²) in [5.74, 6) is -0.258. The van der Waals surface area contributed by atoms with Gasteiger partial charge in [0.1, 0.15) is 6.54 Å². The van der Waals surface area contributed by atoms with Crippen molar-refractivity contribution in [2.24, 2.45) is 5.73 Å². The number of amides is 1. The molecule has 0 saturated carbocycles. The van der Waals surface area contributed by atoms with Gasteiger partial charge in [-0.15, -0.1) is 0 Å². The molecule has 7 nitrogen and oxygen atoms in total. The van der Waals surface area contributed by atoms with Crippen molar-refractivity contribution in [2.45, 2.75) is 19.0 Å². The molecule has 0 aliphatic carbocycles. The minimum Gasteiger partial charge on any atom is -0.340 e. The fraction of sp³-hybridized carbons (Fsp3) is 0.357. The van der Waals surface area contributed by atoms with Crippen molar-refractivity contribution in [1.82, 2.24) is 14.5 Å². The van der Waals surface area contributed by atoms with Crippen LogP contribution in [-0.4, -0.2) is 39.5 Å².